The van der Waals surface area contributed by atoms with Gasteiger partial charge in [0, 0.05) is 6.42 Å². The van der Waals surface area contributed by atoms with Gasteiger partial charge in [0.15, 0.2) is 11.2 Å². The standard InChI is InChI=1S/C11H14N6O3/c1-13-5-2-7(20-6(5)3-18)17-4-14-8-9(17)15-11(12)16-10(8)19/h4-7,18H,1-3H2,(H3,12,15,16,19)/t5?,6-,7?/m1/s1. The van der Waals surface area contributed by atoms with Crippen LogP contribution in [0.2, 0.25) is 0 Å². The lowest BCUT2D eigenvalue weighted by Crippen LogP contribution is -2.23. The zero-order valence-electron chi connectivity index (χ0n) is 10.6. The highest BCUT2D eigenvalue weighted by Gasteiger charge is 2.36. The molecular weight excluding hydrogens is 264 g/mol. The largest absolute Gasteiger partial charge is 0.394 e. The Morgan fingerprint density at radius 3 is 3.15 bits per heavy atom. The van der Waals surface area contributed by atoms with Crippen LogP contribution in [-0.4, -0.2) is 50.1 Å². The predicted octanol–water partition coefficient (Wildman–Crippen LogP) is -0.949. The molecule has 0 saturated carbocycles. The number of aliphatic hydroxyl groups excluding tert-OH is 1. The molecule has 1 saturated heterocycles. The van der Waals surface area contributed by atoms with Crippen molar-refractivity contribution in [3.8, 4) is 0 Å². The molecule has 0 bridgehead atoms. The second-order valence-corrected chi connectivity index (χ2v) is 4.57. The van der Waals surface area contributed by atoms with E-state index in [1.165, 1.54) is 6.33 Å². The topological polar surface area (TPSA) is 131 Å². The highest BCUT2D eigenvalue weighted by Crippen LogP contribution is 2.31. The van der Waals surface area contributed by atoms with Gasteiger partial charge in [0.1, 0.15) is 12.3 Å². The molecule has 1 aliphatic heterocycles. The third-order valence-electron chi connectivity index (χ3n) is 3.38. The summed E-state index contributed by atoms with van der Waals surface area (Å²) in [6.45, 7) is 3.34. The summed E-state index contributed by atoms with van der Waals surface area (Å²) in [5.41, 5.74) is 5.68. The minimum Gasteiger partial charge on any atom is -0.394 e. The number of nitrogens with zero attached hydrogens (tertiary/aromatic N) is 4. The number of hydrogen-bond acceptors (Lipinski definition) is 7. The predicted molar refractivity (Wildman–Crippen MR) is 71.5 cm³/mol. The van der Waals surface area contributed by atoms with Crippen molar-refractivity contribution in [1.29, 1.82) is 0 Å². The molecule has 0 amide bonds. The number of ether oxygens (including phenoxy) is 1. The van der Waals surface area contributed by atoms with E-state index in [1.54, 1.807) is 4.57 Å². The van der Waals surface area contributed by atoms with Crippen LogP contribution < -0.4 is 11.3 Å². The highest BCUT2D eigenvalue weighted by atomic mass is 16.5. The van der Waals surface area contributed by atoms with Crippen LogP contribution in [0.1, 0.15) is 12.6 Å². The molecule has 3 atom stereocenters. The van der Waals surface area contributed by atoms with Crippen LogP contribution in [0.3, 0.4) is 0 Å². The highest BCUT2D eigenvalue weighted by molar-refractivity contribution is 5.70. The third-order valence-corrected chi connectivity index (χ3v) is 3.38. The molecule has 2 unspecified atom stereocenters. The lowest BCUT2D eigenvalue weighted by Gasteiger charge is -2.13. The quantitative estimate of drug-likeness (QED) is 0.620. The lowest BCUT2D eigenvalue weighted by atomic mass is 10.1. The van der Waals surface area contributed by atoms with E-state index in [9.17, 15) is 9.90 Å². The minimum absolute atomic E-state index is 0.0133. The summed E-state index contributed by atoms with van der Waals surface area (Å²) in [4.78, 5) is 26.1. The molecule has 1 aliphatic rings. The number of nitrogen functional groups attached to an aromatic ring is 1. The van der Waals surface area contributed by atoms with E-state index >= 15 is 0 Å². The molecule has 2 aromatic rings. The fraction of sp³-hybridized carbons (Fsp3) is 0.455. The van der Waals surface area contributed by atoms with Gasteiger partial charge in [-0.15, -0.1) is 0 Å². The van der Waals surface area contributed by atoms with E-state index < -0.39 is 17.9 Å². The van der Waals surface area contributed by atoms with Crippen molar-refractivity contribution in [3.63, 3.8) is 0 Å². The first kappa shape index (κ1) is 12.8. The Balaban J connectivity index is 2.03. The van der Waals surface area contributed by atoms with Crippen molar-refractivity contribution in [3.05, 3.63) is 16.7 Å². The summed E-state index contributed by atoms with van der Waals surface area (Å²) in [7, 11) is 0. The second-order valence-electron chi connectivity index (χ2n) is 4.57. The normalized spacial score (nSPS) is 26.1. The summed E-state index contributed by atoms with van der Waals surface area (Å²) >= 11 is 0. The molecule has 20 heavy (non-hydrogen) atoms. The van der Waals surface area contributed by atoms with E-state index in [0.29, 0.717) is 12.1 Å². The van der Waals surface area contributed by atoms with Crippen LogP contribution in [0.25, 0.3) is 11.2 Å². The summed E-state index contributed by atoms with van der Waals surface area (Å²) in [5, 5.41) is 9.26. The molecule has 106 valence electrons. The van der Waals surface area contributed by atoms with E-state index in [4.69, 9.17) is 10.5 Å². The van der Waals surface area contributed by atoms with Crippen LogP contribution >= 0.6 is 0 Å². The molecule has 9 nitrogen and oxygen atoms in total. The van der Waals surface area contributed by atoms with Crippen molar-refractivity contribution in [2.24, 2.45) is 4.99 Å². The Labute approximate surface area is 113 Å². The smallest absolute Gasteiger partial charge is 0.280 e. The number of anilines is 1. The molecule has 0 aliphatic carbocycles. The van der Waals surface area contributed by atoms with Crippen molar-refractivity contribution in [1.82, 2.24) is 19.5 Å². The second kappa shape index (κ2) is 4.69. The molecule has 1 fully saturated rings. The molecule has 3 rings (SSSR count). The van der Waals surface area contributed by atoms with Gasteiger partial charge in [-0.1, -0.05) is 0 Å². The number of fused-ring (bicyclic) bond motifs is 1. The van der Waals surface area contributed by atoms with Gasteiger partial charge in [0.2, 0.25) is 5.95 Å². The summed E-state index contributed by atoms with van der Waals surface area (Å²) in [6.07, 6.45) is 1.15. The fourth-order valence-electron chi connectivity index (χ4n) is 2.40. The van der Waals surface area contributed by atoms with Crippen LogP contribution in [0.15, 0.2) is 16.1 Å². The van der Waals surface area contributed by atoms with Gasteiger partial charge in [-0.05, 0) is 6.72 Å². The Bertz CT molecular complexity index is 708. The first-order chi connectivity index (χ1) is 9.63. The molecule has 2 aromatic heterocycles. The third kappa shape index (κ3) is 1.87. The Morgan fingerprint density at radius 2 is 2.50 bits per heavy atom. The first-order valence-electron chi connectivity index (χ1n) is 6.08. The summed E-state index contributed by atoms with van der Waals surface area (Å²) in [5.74, 6) is 0.0133. The molecule has 0 radical (unpaired) electrons. The lowest BCUT2D eigenvalue weighted by molar-refractivity contribution is -0.0231. The zero-order chi connectivity index (χ0) is 14.3. The van der Waals surface area contributed by atoms with Gasteiger partial charge >= 0.3 is 0 Å². The maximum absolute atomic E-state index is 11.7. The molecule has 0 aromatic carbocycles. The maximum Gasteiger partial charge on any atom is 0.280 e. The van der Waals surface area contributed by atoms with Crippen molar-refractivity contribution < 1.29 is 9.84 Å². The number of aliphatic imine (C=N–C) groups is 1. The van der Waals surface area contributed by atoms with Gasteiger partial charge in [-0.2, -0.15) is 4.98 Å². The van der Waals surface area contributed by atoms with Gasteiger partial charge < -0.3 is 15.6 Å². The average Bonchev–Trinajstić information content (AvgIpc) is 3.01. The van der Waals surface area contributed by atoms with E-state index in [2.05, 4.69) is 26.7 Å². The fourth-order valence-corrected chi connectivity index (χ4v) is 2.40. The number of nitrogens with two attached hydrogens (primary N) is 1. The van der Waals surface area contributed by atoms with Gasteiger partial charge in [0.05, 0.1) is 19.0 Å². The Kier molecular flexibility index (Phi) is 2.99. The number of aromatic amines is 1. The SMILES string of the molecule is C=NC1CC(n2cnc3c(=O)[nH]c(N)nc32)O[C@@H]1CO. The van der Waals surface area contributed by atoms with Crippen LogP contribution in [-0.2, 0) is 4.74 Å². The van der Waals surface area contributed by atoms with Crippen molar-refractivity contribution in [2.45, 2.75) is 24.8 Å². The number of aliphatic hydroxyl groups is 1. The molecular formula is C11H14N6O3. The number of aromatic nitrogens is 4. The van der Waals surface area contributed by atoms with Crippen molar-refractivity contribution >= 4 is 23.8 Å². The average molecular weight is 278 g/mol. The first-order valence-corrected chi connectivity index (χ1v) is 6.08. The van der Waals surface area contributed by atoms with E-state index in [1.807, 2.05) is 0 Å². The van der Waals surface area contributed by atoms with Crippen LogP contribution in [0.4, 0.5) is 5.95 Å². The minimum atomic E-state index is -0.422. The van der Waals surface area contributed by atoms with E-state index in [-0.39, 0.29) is 24.1 Å². The number of rotatable bonds is 3. The monoisotopic (exact) mass is 278 g/mol. The molecule has 0 spiro atoms. The van der Waals surface area contributed by atoms with Gasteiger partial charge in [-0.3, -0.25) is 19.3 Å². The van der Waals surface area contributed by atoms with Crippen LogP contribution in [0, 0.1) is 0 Å². The van der Waals surface area contributed by atoms with E-state index in [0.717, 1.165) is 0 Å². The van der Waals surface area contributed by atoms with Crippen LogP contribution in [0.5, 0.6) is 0 Å². The number of hydrogen-bond donors (Lipinski definition) is 3. The molecule has 4 N–H and O–H groups in total. The maximum atomic E-state index is 11.7. The number of H-pyrrole nitrogens is 1. The summed E-state index contributed by atoms with van der Waals surface area (Å²) < 4.78 is 7.31. The number of nitrogens with one attached hydrogen (secondary N) is 1. The molecule has 3 heterocycles. The van der Waals surface area contributed by atoms with Crippen molar-refractivity contribution in [2.75, 3.05) is 12.3 Å². The van der Waals surface area contributed by atoms with Gasteiger partial charge in [-0.25, -0.2) is 4.98 Å². The number of imidazole rings is 1. The Morgan fingerprint density at radius 1 is 1.70 bits per heavy atom. The molecule has 9 heteroatoms. The summed E-state index contributed by atoms with van der Waals surface area (Å²) in [6, 6.07) is -0.207. The van der Waals surface area contributed by atoms with Gasteiger partial charge in [0.25, 0.3) is 5.56 Å². The Hall–Kier alpha value is -2.26. The zero-order valence-corrected chi connectivity index (χ0v) is 10.6.